The van der Waals surface area contributed by atoms with Crippen LogP contribution in [0.5, 0.6) is 5.75 Å². The highest BCUT2D eigenvalue weighted by Gasteiger charge is 2.35. The molecule has 5 nitrogen and oxygen atoms in total. The molecule has 1 N–H and O–H groups in total. The molecular formula is C16H19N3O2. The van der Waals surface area contributed by atoms with Crippen LogP contribution in [0.4, 0.5) is 0 Å². The lowest BCUT2D eigenvalue weighted by atomic mass is 10.0. The van der Waals surface area contributed by atoms with Gasteiger partial charge in [-0.1, -0.05) is 0 Å². The molecule has 1 aromatic rings. The van der Waals surface area contributed by atoms with Crippen molar-refractivity contribution in [3.05, 3.63) is 23.0 Å². The number of hydrogen-bond donors (Lipinski definition) is 1. The molecule has 2 fully saturated rings. The second-order valence-corrected chi connectivity index (χ2v) is 5.89. The van der Waals surface area contributed by atoms with E-state index in [1.807, 2.05) is 12.1 Å². The van der Waals surface area contributed by atoms with Gasteiger partial charge < -0.3 is 10.1 Å². The predicted octanol–water partition coefficient (Wildman–Crippen LogP) is 2.49. The number of carbonyl (C=O) groups excluding carboxylic acids is 1. The summed E-state index contributed by atoms with van der Waals surface area (Å²) in [6, 6.07) is 3.42. The summed E-state index contributed by atoms with van der Waals surface area (Å²) in [6.45, 7) is 1.64. The largest absolute Gasteiger partial charge is 0.494 e. The number of aromatic nitrogens is 1. The summed E-state index contributed by atoms with van der Waals surface area (Å²) < 4.78 is 5.35. The molecule has 0 aromatic carbocycles. The number of nitrogens with zero attached hydrogens (tertiary/aromatic N) is 2. The number of amides is 1. The molecule has 2 saturated carbocycles. The number of pyridine rings is 1. The Labute approximate surface area is 124 Å². The van der Waals surface area contributed by atoms with Crippen LogP contribution in [0.25, 0.3) is 0 Å². The van der Waals surface area contributed by atoms with E-state index in [1.165, 1.54) is 18.4 Å². The molecule has 0 bridgehead atoms. The molecule has 1 amide bonds. The van der Waals surface area contributed by atoms with E-state index < -0.39 is 6.04 Å². The van der Waals surface area contributed by atoms with E-state index >= 15 is 0 Å². The molecule has 21 heavy (non-hydrogen) atoms. The minimum atomic E-state index is -0.545. The first-order valence-corrected chi connectivity index (χ1v) is 7.43. The highest BCUT2D eigenvalue weighted by Crippen LogP contribution is 2.49. The number of ether oxygens (including phenoxy) is 1. The van der Waals surface area contributed by atoms with Crippen molar-refractivity contribution in [2.75, 3.05) is 7.11 Å². The first-order chi connectivity index (χ1) is 10.1. The van der Waals surface area contributed by atoms with Crippen LogP contribution >= 0.6 is 0 Å². The summed E-state index contributed by atoms with van der Waals surface area (Å²) in [5.41, 5.74) is 2.61. The van der Waals surface area contributed by atoms with Crippen molar-refractivity contribution >= 4 is 5.91 Å². The predicted molar refractivity (Wildman–Crippen MR) is 77.3 cm³/mol. The van der Waals surface area contributed by atoms with Gasteiger partial charge in [0.25, 0.3) is 5.91 Å². The Bertz CT molecular complexity index is 613. The van der Waals surface area contributed by atoms with Crippen LogP contribution in [0.15, 0.2) is 6.07 Å². The average molecular weight is 285 g/mol. The number of nitrogens with one attached hydrogen (secondary N) is 1. The zero-order valence-corrected chi connectivity index (χ0v) is 12.3. The summed E-state index contributed by atoms with van der Waals surface area (Å²) in [4.78, 5) is 16.9. The SMILES string of the molecule is COc1cc(C2CC2)c(C2CC2)nc1C(=O)NC(C)C#N. The average Bonchev–Trinajstić information content (AvgIpc) is 3.37. The Kier molecular flexibility index (Phi) is 3.54. The summed E-state index contributed by atoms with van der Waals surface area (Å²) in [7, 11) is 1.55. The van der Waals surface area contributed by atoms with Gasteiger partial charge in [-0.25, -0.2) is 4.98 Å². The van der Waals surface area contributed by atoms with Gasteiger partial charge in [0.05, 0.1) is 13.2 Å². The van der Waals surface area contributed by atoms with Crippen molar-refractivity contribution < 1.29 is 9.53 Å². The van der Waals surface area contributed by atoms with Crippen LogP contribution in [0.3, 0.4) is 0 Å². The van der Waals surface area contributed by atoms with Crippen molar-refractivity contribution in [3.8, 4) is 11.8 Å². The van der Waals surface area contributed by atoms with Crippen LogP contribution in [-0.2, 0) is 0 Å². The van der Waals surface area contributed by atoms with E-state index in [-0.39, 0.29) is 5.91 Å². The molecule has 2 aliphatic carbocycles. The Morgan fingerprint density at radius 2 is 2.10 bits per heavy atom. The van der Waals surface area contributed by atoms with Gasteiger partial charge in [-0.3, -0.25) is 4.79 Å². The number of carbonyl (C=O) groups is 1. The fraction of sp³-hybridized carbons (Fsp3) is 0.562. The third-order valence-electron chi connectivity index (χ3n) is 4.01. The maximum absolute atomic E-state index is 12.3. The molecule has 5 heteroatoms. The molecule has 0 radical (unpaired) electrons. The van der Waals surface area contributed by atoms with Gasteiger partial charge in [0.15, 0.2) is 11.4 Å². The molecule has 1 unspecified atom stereocenters. The first kappa shape index (κ1) is 13.9. The van der Waals surface area contributed by atoms with Crippen LogP contribution in [0.1, 0.15) is 66.2 Å². The smallest absolute Gasteiger partial charge is 0.274 e. The third kappa shape index (κ3) is 2.85. The van der Waals surface area contributed by atoms with Crippen molar-refractivity contribution in [2.45, 2.75) is 50.5 Å². The van der Waals surface area contributed by atoms with Gasteiger partial charge in [0, 0.05) is 11.6 Å². The van der Waals surface area contributed by atoms with Crippen molar-refractivity contribution in [3.63, 3.8) is 0 Å². The van der Waals surface area contributed by atoms with E-state index in [1.54, 1.807) is 14.0 Å². The van der Waals surface area contributed by atoms with Gasteiger partial charge >= 0.3 is 0 Å². The molecule has 3 rings (SSSR count). The maximum Gasteiger partial charge on any atom is 0.274 e. The first-order valence-electron chi connectivity index (χ1n) is 7.43. The summed E-state index contributed by atoms with van der Waals surface area (Å²) in [5.74, 6) is 1.23. The van der Waals surface area contributed by atoms with Gasteiger partial charge in [0.2, 0.25) is 0 Å². The molecule has 1 aromatic heterocycles. The number of rotatable bonds is 5. The molecule has 0 saturated heterocycles. The molecule has 2 aliphatic rings. The molecule has 110 valence electrons. The van der Waals surface area contributed by atoms with E-state index in [4.69, 9.17) is 10.00 Å². The van der Waals surface area contributed by atoms with Crippen LogP contribution in [0.2, 0.25) is 0 Å². The highest BCUT2D eigenvalue weighted by atomic mass is 16.5. The van der Waals surface area contributed by atoms with E-state index in [0.29, 0.717) is 23.3 Å². The normalized spacial score (nSPS) is 18.7. The Morgan fingerprint density at radius 1 is 1.43 bits per heavy atom. The lowest BCUT2D eigenvalue weighted by Gasteiger charge is -2.14. The molecular weight excluding hydrogens is 266 g/mol. The summed E-state index contributed by atoms with van der Waals surface area (Å²) >= 11 is 0. The number of methoxy groups -OCH3 is 1. The third-order valence-corrected chi connectivity index (χ3v) is 4.01. The van der Waals surface area contributed by atoms with Gasteiger partial charge in [-0.15, -0.1) is 0 Å². The lowest BCUT2D eigenvalue weighted by Crippen LogP contribution is -2.32. The standard InChI is InChI=1S/C16H19N3O2/c1-9(8-17)18-16(20)15-13(21-2)7-12(10-3-4-10)14(19-15)11-5-6-11/h7,9-11H,3-6H2,1-2H3,(H,18,20). The van der Waals surface area contributed by atoms with Crippen LogP contribution in [0, 0.1) is 11.3 Å². The zero-order valence-electron chi connectivity index (χ0n) is 12.3. The van der Waals surface area contributed by atoms with Crippen molar-refractivity contribution in [1.29, 1.82) is 5.26 Å². The summed E-state index contributed by atoms with van der Waals surface area (Å²) in [6.07, 6.45) is 4.69. The minimum Gasteiger partial charge on any atom is -0.494 e. The Morgan fingerprint density at radius 3 is 2.62 bits per heavy atom. The fourth-order valence-corrected chi connectivity index (χ4v) is 2.54. The second-order valence-electron chi connectivity index (χ2n) is 5.89. The lowest BCUT2D eigenvalue weighted by molar-refractivity contribution is 0.0939. The quantitative estimate of drug-likeness (QED) is 0.901. The van der Waals surface area contributed by atoms with E-state index in [9.17, 15) is 4.79 Å². The van der Waals surface area contributed by atoms with Gasteiger partial charge in [-0.05, 0) is 50.2 Å². The van der Waals surface area contributed by atoms with Crippen molar-refractivity contribution in [1.82, 2.24) is 10.3 Å². The summed E-state index contributed by atoms with van der Waals surface area (Å²) in [5, 5.41) is 11.4. The topological polar surface area (TPSA) is 75.0 Å². The van der Waals surface area contributed by atoms with E-state index in [0.717, 1.165) is 18.5 Å². The Hall–Kier alpha value is -2.09. The number of hydrogen-bond acceptors (Lipinski definition) is 4. The minimum absolute atomic E-state index is 0.297. The van der Waals surface area contributed by atoms with Gasteiger partial charge in [0.1, 0.15) is 6.04 Å². The molecule has 0 aliphatic heterocycles. The Balaban J connectivity index is 1.97. The monoisotopic (exact) mass is 285 g/mol. The van der Waals surface area contributed by atoms with Crippen LogP contribution in [-0.4, -0.2) is 24.0 Å². The second kappa shape index (κ2) is 5.36. The van der Waals surface area contributed by atoms with Crippen LogP contribution < -0.4 is 10.1 Å². The molecule has 0 spiro atoms. The maximum atomic E-state index is 12.3. The highest BCUT2D eigenvalue weighted by molar-refractivity contribution is 5.95. The number of nitriles is 1. The fourth-order valence-electron chi connectivity index (χ4n) is 2.54. The van der Waals surface area contributed by atoms with Crippen molar-refractivity contribution in [2.24, 2.45) is 0 Å². The molecule has 1 atom stereocenters. The zero-order chi connectivity index (χ0) is 15.0. The van der Waals surface area contributed by atoms with E-state index in [2.05, 4.69) is 10.3 Å². The molecule has 1 heterocycles. The van der Waals surface area contributed by atoms with Gasteiger partial charge in [-0.2, -0.15) is 5.26 Å².